The van der Waals surface area contributed by atoms with Crippen molar-refractivity contribution in [1.29, 1.82) is 0 Å². The molecule has 1 aliphatic heterocycles. The summed E-state index contributed by atoms with van der Waals surface area (Å²) in [6.07, 6.45) is 0.780. The molecule has 0 aliphatic carbocycles. The molecule has 1 amide bonds. The van der Waals surface area contributed by atoms with Gasteiger partial charge in [0.05, 0.1) is 30.7 Å². The van der Waals surface area contributed by atoms with E-state index in [4.69, 9.17) is 13.9 Å². The van der Waals surface area contributed by atoms with Crippen molar-refractivity contribution in [3.63, 3.8) is 0 Å². The zero-order valence-corrected chi connectivity index (χ0v) is 18.9. The Bertz CT molecular complexity index is 1180. The number of fused-ring (bicyclic) bond motifs is 2. The maximum Gasteiger partial charge on any atom is 0.290 e. The fourth-order valence-corrected chi connectivity index (χ4v) is 4.17. The second kappa shape index (κ2) is 9.04. The quantitative estimate of drug-likeness (QED) is 0.536. The summed E-state index contributed by atoms with van der Waals surface area (Å²) in [4.78, 5) is 30.7. The average molecular weight is 437 g/mol. The Kier molecular flexibility index (Phi) is 6.19. The highest BCUT2D eigenvalue weighted by atomic mass is 16.5. The molecular weight excluding hydrogens is 408 g/mol. The molecule has 1 aromatic heterocycles. The van der Waals surface area contributed by atoms with Crippen LogP contribution in [0.1, 0.15) is 41.1 Å². The minimum absolute atomic E-state index is 0.111. The van der Waals surface area contributed by atoms with Crippen LogP contribution < -0.4 is 14.9 Å². The van der Waals surface area contributed by atoms with Gasteiger partial charge in [-0.25, -0.2) is 0 Å². The van der Waals surface area contributed by atoms with Crippen molar-refractivity contribution in [3.05, 3.63) is 69.6 Å². The zero-order chi connectivity index (χ0) is 22.8. The van der Waals surface area contributed by atoms with E-state index in [0.29, 0.717) is 35.4 Å². The molecule has 0 unspecified atom stereocenters. The van der Waals surface area contributed by atoms with Gasteiger partial charge in [0.15, 0.2) is 5.43 Å². The van der Waals surface area contributed by atoms with E-state index in [1.807, 2.05) is 45.3 Å². The van der Waals surface area contributed by atoms with Crippen LogP contribution in [0.25, 0.3) is 11.0 Å². The molecule has 0 radical (unpaired) electrons. The van der Waals surface area contributed by atoms with Crippen LogP contribution in [0.5, 0.6) is 11.5 Å². The maximum atomic E-state index is 13.5. The van der Waals surface area contributed by atoms with Gasteiger partial charge in [-0.1, -0.05) is 12.1 Å². The van der Waals surface area contributed by atoms with E-state index >= 15 is 0 Å². The summed E-state index contributed by atoms with van der Waals surface area (Å²) in [5.74, 6) is 1.16. The Morgan fingerprint density at radius 2 is 1.78 bits per heavy atom. The maximum absolute atomic E-state index is 13.5. The molecule has 1 aliphatic rings. The van der Waals surface area contributed by atoms with E-state index in [-0.39, 0.29) is 17.1 Å². The van der Waals surface area contributed by atoms with E-state index in [2.05, 4.69) is 4.90 Å². The summed E-state index contributed by atoms with van der Waals surface area (Å²) in [7, 11) is 5.54. The van der Waals surface area contributed by atoms with Crippen molar-refractivity contribution < 1.29 is 18.7 Å². The number of ether oxygens (including phenoxy) is 2. The van der Waals surface area contributed by atoms with E-state index in [9.17, 15) is 9.59 Å². The molecular formula is C25H28N2O5. The lowest BCUT2D eigenvalue weighted by molar-refractivity contribution is 0.0722. The van der Waals surface area contributed by atoms with E-state index in [0.717, 1.165) is 24.3 Å². The van der Waals surface area contributed by atoms with Crippen LogP contribution in [0.15, 0.2) is 51.7 Å². The minimum atomic E-state index is -0.502. The third-order valence-electron chi connectivity index (χ3n) is 5.69. The van der Waals surface area contributed by atoms with Crippen molar-refractivity contribution >= 4 is 16.9 Å². The summed E-state index contributed by atoms with van der Waals surface area (Å²) in [5, 5.41) is 0.434. The summed E-state index contributed by atoms with van der Waals surface area (Å²) >= 11 is 0. The van der Waals surface area contributed by atoms with E-state index in [1.54, 1.807) is 30.2 Å². The van der Waals surface area contributed by atoms with Gasteiger partial charge >= 0.3 is 0 Å². The van der Waals surface area contributed by atoms with Gasteiger partial charge in [-0.2, -0.15) is 0 Å². The second-order valence-corrected chi connectivity index (χ2v) is 8.10. The molecule has 32 heavy (non-hydrogen) atoms. The molecule has 7 nitrogen and oxygen atoms in total. The van der Waals surface area contributed by atoms with Gasteiger partial charge < -0.3 is 23.7 Å². The van der Waals surface area contributed by atoms with Crippen LogP contribution in [0.2, 0.25) is 0 Å². The lowest BCUT2D eigenvalue weighted by Crippen LogP contribution is -2.32. The van der Waals surface area contributed by atoms with Crippen LogP contribution in [0.4, 0.5) is 0 Å². The third-order valence-corrected chi connectivity index (χ3v) is 5.69. The van der Waals surface area contributed by atoms with Gasteiger partial charge in [0, 0.05) is 12.6 Å². The second-order valence-electron chi connectivity index (χ2n) is 8.10. The van der Waals surface area contributed by atoms with Gasteiger partial charge in [0.1, 0.15) is 17.1 Å². The molecule has 1 atom stereocenters. The van der Waals surface area contributed by atoms with Crippen molar-refractivity contribution in [2.75, 3.05) is 40.9 Å². The number of carbonyl (C=O) groups is 1. The van der Waals surface area contributed by atoms with Crippen LogP contribution in [-0.2, 0) is 0 Å². The predicted molar refractivity (Wildman–Crippen MR) is 123 cm³/mol. The Balaban J connectivity index is 1.83. The highest BCUT2D eigenvalue weighted by Crippen LogP contribution is 2.39. The molecule has 0 bridgehead atoms. The Morgan fingerprint density at radius 3 is 2.44 bits per heavy atom. The number of methoxy groups -OCH3 is 1. The molecule has 7 heteroatoms. The number of hydrogen-bond donors (Lipinski definition) is 0. The largest absolute Gasteiger partial charge is 0.497 e. The first-order valence-electron chi connectivity index (χ1n) is 10.8. The van der Waals surface area contributed by atoms with Crippen LogP contribution in [-0.4, -0.2) is 56.6 Å². The zero-order valence-electron chi connectivity index (χ0n) is 18.9. The normalized spacial score (nSPS) is 15.5. The van der Waals surface area contributed by atoms with Crippen molar-refractivity contribution in [1.82, 2.24) is 9.80 Å². The first-order valence-corrected chi connectivity index (χ1v) is 10.8. The SMILES string of the molecule is CCOc1ccc([C@@H]2c3c(oc4cc(OC)ccc4c3=O)C(=O)N2CCCN(C)C)cc1. The lowest BCUT2D eigenvalue weighted by Gasteiger charge is -2.26. The van der Waals surface area contributed by atoms with Gasteiger partial charge in [0.25, 0.3) is 5.91 Å². The van der Waals surface area contributed by atoms with Gasteiger partial charge in [-0.05, 0) is 63.8 Å². The topological polar surface area (TPSA) is 72.2 Å². The molecule has 0 saturated carbocycles. The summed E-state index contributed by atoms with van der Waals surface area (Å²) in [6, 6.07) is 12.1. The molecule has 0 saturated heterocycles. The monoisotopic (exact) mass is 436 g/mol. The predicted octanol–water partition coefficient (Wildman–Crippen LogP) is 3.70. The molecule has 0 spiro atoms. The number of rotatable bonds is 8. The molecule has 2 heterocycles. The van der Waals surface area contributed by atoms with E-state index in [1.165, 1.54) is 0 Å². The fraction of sp³-hybridized carbons (Fsp3) is 0.360. The first kappa shape index (κ1) is 21.9. The Labute approximate surface area is 187 Å². The van der Waals surface area contributed by atoms with Crippen molar-refractivity contribution in [2.24, 2.45) is 0 Å². The van der Waals surface area contributed by atoms with Crippen LogP contribution in [0, 0.1) is 0 Å². The smallest absolute Gasteiger partial charge is 0.290 e. The van der Waals surface area contributed by atoms with Crippen molar-refractivity contribution in [3.8, 4) is 11.5 Å². The number of nitrogens with zero attached hydrogens (tertiary/aromatic N) is 2. The molecule has 4 rings (SSSR count). The Morgan fingerprint density at radius 1 is 1.06 bits per heavy atom. The number of hydrogen-bond acceptors (Lipinski definition) is 6. The molecule has 3 aromatic rings. The molecule has 168 valence electrons. The summed E-state index contributed by atoms with van der Waals surface area (Å²) in [5.41, 5.74) is 1.40. The first-order chi connectivity index (χ1) is 15.4. The number of benzene rings is 2. The fourth-order valence-electron chi connectivity index (χ4n) is 4.17. The molecule has 2 aromatic carbocycles. The summed E-state index contributed by atoms with van der Waals surface area (Å²) in [6.45, 7) is 3.84. The summed E-state index contributed by atoms with van der Waals surface area (Å²) < 4.78 is 16.8. The van der Waals surface area contributed by atoms with Crippen LogP contribution in [0.3, 0.4) is 0 Å². The standard InChI is InChI=1S/C25H28N2O5/c1-5-31-17-9-7-16(8-10-17)22-21-23(28)19-12-11-18(30-4)15-20(19)32-24(21)25(29)27(22)14-6-13-26(2)3/h7-12,15,22H,5-6,13-14H2,1-4H3/t22-/m1/s1. The third kappa shape index (κ3) is 3.96. The molecule has 0 N–H and O–H groups in total. The lowest BCUT2D eigenvalue weighted by atomic mass is 9.98. The molecule has 0 fully saturated rings. The van der Waals surface area contributed by atoms with Gasteiger partial charge in [-0.3, -0.25) is 9.59 Å². The average Bonchev–Trinajstić information content (AvgIpc) is 3.06. The minimum Gasteiger partial charge on any atom is -0.497 e. The number of carbonyl (C=O) groups excluding carboxylic acids is 1. The van der Waals surface area contributed by atoms with Crippen molar-refractivity contribution in [2.45, 2.75) is 19.4 Å². The Hall–Kier alpha value is -3.32. The van der Waals surface area contributed by atoms with Crippen LogP contribution >= 0.6 is 0 Å². The van der Waals surface area contributed by atoms with Gasteiger partial charge in [-0.15, -0.1) is 0 Å². The highest BCUT2D eigenvalue weighted by molar-refractivity contribution is 5.99. The van der Waals surface area contributed by atoms with E-state index < -0.39 is 6.04 Å². The highest BCUT2D eigenvalue weighted by Gasteiger charge is 2.42. The number of amides is 1. The van der Waals surface area contributed by atoms with Gasteiger partial charge in [0.2, 0.25) is 5.76 Å².